The van der Waals surface area contributed by atoms with Gasteiger partial charge < -0.3 is 9.47 Å². The average Bonchev–Trinajstić information content (AvgIpc) is 2.74. The molecular weight excluding hydrogens is 385 g/mol. The van der Waals surface area contributed by atoms with Crippen molar-refractivity contribution in [1.82, 2.24) is 4.98 Å². The minimum Gasteiger partial charge on any atom is -0.456 e. The van der Waals surface area contributed by atoms with Crippen LogP contribution in [0.4, 0.5) is 0 Å². The number of fused-ring (bicyclic) bond motifs is 4. The van der Waals surface area contributed by atoms with Gasteiger partial charge in [0.05, 0.1) is 17.0 Å². The van der Waals surface area contributed by atoms with Gasteiger partial charge in [0.15, 0.2) is 0 Å². The summed E-state index contributed by atoms with van der Waals surface area (Å²) in [4.78, 5) is 4.49. The van der Waals surface area contributed by atoms with Gasteiger partial charge in [-0.15, -0.1) is 0 Å². The second-order valence-corrected chi connectivity index (χ2v) is 11.1. The van der Waals surface area contributed by atoms with E-state index in [0.717, 1.165) is 50.2 Å². The van der Waals surface area contributed by atoms with Gasteiger partial charge in [-0.05, 0) is 48.5 Å². The molecule has 28 heavy (non-hydrogen) atoms. The fourth-order valence-corrected chi connectivity index (χ4v) is 8.42. The van der Waals surface area contributed by atoms with E-state index >= 15 is 0 Å². The molecule has 1 aromatic heterocycles. The number of aromatic nitrogens is 1. The number of hydrogen-bond donors (Lipinski definition) is 0. The monoisotopic (exact) mass is 399 g/mol. The van der Waals surface area contributed by atoms with Gasteiger partial charge in [-0.2, -0.15) is 0 Å². The third kappa shape index (κ3) is 2.10. The van der Waals surface area contributed by atoms with Gasteiger partial charge in [0.25, 0.3) is 0 Å². The Morgan fingerprint density at radius 3 is 1.82 bits per heavy atom. The van der Waals surface area contributed by atoms with Crippen molar-refractivity contribution in [2.24, 2.45) is 0 Å². The summed E-state index contributed by atoms with van der Waals surface area (Å²) in [7, 11) is 0. The van der Waals surface area contributed by atoms with E-state index in [4.69, 9.17) is 21.3 Å². The maximum absolute atomic E-state index is 6.45. The summed E-state index contributed by atoms with van der Waals surface area (Å²) in [6, 6.07) is 23.9. The molecule has 0 unspecified atom stereocenters. The summed E-state index contributed by atoms with van der Waals surface area (Å²) in [6.45, 7) is 0. The molecule has 3 aromatic carbocycles. The quantitative estimate of drug-likeness (QED) is 0.375. The van der Waals surface area contributed by atoms with Crippen LogP contribution in [0.5, 0.6) is 23.0 Å². The fraction of sp³-hybridized carbons (Fsp3) is 0. The molecule has 0 bridgehead atoms. The SMILES string of the molecule is S=P12c3ccccc3Oc3cc(-c4ccccn4)cc(c31)Oc1ccccc12. The maximum Gasteiger partial charge on any atom is 0.140 e. The van der Waals surface area contributed by atoms with Crippen LogP contribution >= 0.6 is 6.04 Å². The molecule has 0 atom stereocenters. The van der Waals surface area contributed by atoms with Crippen LogP contribution in [0.3, 0.4) is 0 Å². The zero-order valence-corrected chi connectivity index (χ0v) is 16.4. The van der Waals surface area contributed by atoms with Gasteiger partial charge in [0, 0.05) is 22.4 Å². The smallest absolute Gasteiger partial charge is 0.140 e. The zero-order valence-electron chi connectivity index (χ0n) is 14.7. The molecule has 0 fully saturated rings. The molecule has 0 spiro atoms. The van der Waals surface area contributed by atoms with E-state index in [0.29, 0.717) is 0 Å². The third-order valence-corrected chi connectivity index (χ3v) is 10.1. The van der Waals surface area contributed by atoms with Gasteiger partial charge in [0.2, 0.25) is 0 Å². The van der Waals surface area contributed by atoms with E-state index in [2.05, 4.69) is 17.1 Å². The summed E-state index contributed by atoms with van der Waals surface area (Å²) in [5.41, 5.74) is 1.83. The number of pyridine rings is 1. The molecule has 0 amide bonds. The Morgan fingerprint density at radius 1 is 0.679 bits per heavy atom. The van der Waals surface area contributed by atoms with Gasteiger partial charge in [-0.25, -0.2) is 0 Å². The number of para-hydroxylation sites is 2. The summed E-state index contributed by atoms with van der Waals surface area (Å²) < 4.78 is 12.6. The summed E-state index contributed by atoms with van der Waals surface area (Å²) in [5.74, 6) is 3.21. The highest BCUT2D eigenvalue weighted by atomic mass is 32.4. The number of benzene rings is 3. The van der Waals surface area contributed by atoms with Gasteiger partial charge >= 0.3 is 0 Å². The highest BCUT2D eigenvalue weighted by molar-refractivity contribution is 8.26. The number of ether oxygens (including phenoxy) is 2. The lowest BCUT2D eigenvalue weighted by molar-refractivity contribution is 0.467. The topological polar surface area (TPSA) is 31.4 Å². The molecule has 2 aliphatic heterocycles. The number of nitrogens with zero attached hydrogens (tertiary/aromatic N) is 1. The van der Waals surface area contributed by atoms with E-state index in [1.807, 2.05) is 66.7 Å². The van der Waals surface area contributed by atoms with Crippen LogP contribution in [0.25, 0.3) is 11.3 Å². The van der Waals surface area contributed by atoms with Crippen LogP contribution in [0.15, 0.2) is 85.1 Å². The van der Waals surface area contributed by atoms with Crippen LogP contribution in [0, 0.1) is 0 Å². The van der Waals surface area contributed by atoms with Crippen molar-refractivity contribution in [1.29, 1.82) is 0 Å². The van der Waals surface area contributed by atoms with E-state index in [1.165, 1.54) is 0 Å². The summed E-state index contributed by atoms with van der Waals surface area (Å²) in [5, 5.41) is 3.17. The first-order valence-corrected chi connectivity index (χ1v) is 11.8. The Kier molecular flexibility index (Phi) is 3.31. The lowest BCUT2D eigenvalue weighted by Gasteiger charge is -2.37. The van der Waals surface area contributed by atoms with Crippen molar-refractivity contribution in [2.45, 2.75) is 0 Å². The molecule has 5 heteroatoms. The lowest BCUT2D eigenvalue weighted by atomic mass is 10.1. The Morgan fingerprint density at radius 2 is 1.25 bits per heavy atom. The van der Waals surface area contributed by atoms with Gasteiger partial charge in [0.1, 0.15) is 23.0 Å². The van der Waals surface area contributed by atoms with Gasteiger partial charge in [-0.3, -0.25) is 4.98 Å². The first-order valence-electron chi connectivity index (χ1n) is 9.00. The fourth-order valence-electron chi connectivity index (χ4n) is 3.94. The first-order chi connectivity index (χ1) is 13.7. The van der Waals surface area contributed by atoms with Crippen molar-refractivity contribution >= 4 is 33.8 Å². The molecule has 3 nitrogen and oxygen atoms in total. The molecule has 0 radical (unpaired) electrons. The Labute approximate surface area is 167 Å². The number of hydrogen-bond acceptors (Lipinski definition) is 4. The Balaban J connectivity index is 1.70. The molecule has 3 heterocycles. The molecule has 0 saturated carbocycles. The molecule has 6 rings (SSSR count). The predicted molar refractivity (Wildman–Crippen MR) is 116 cm³/mol. The minimum absolute atomic E-state index is 0.773. The molecule has 134 valence electrons. The van der Waals surface area contributed by atoms with Crippen LogP contribution in [0.1, 0.15) is 0 Å². The summed E-state index contributed by atoms with van der Waals surface area (Å²) >= 11 is 6.45. The average molecular weight is 399 g/mol. The van der Waals surface area contributed by atoms with E-state index in [9.17, 15) is 0 Å². The predicted octanol–water partition coefficient (Wildman–Crippen LogP) is 4.72. The minimum atomic E-state index is -2.26. The third-order valence-electron chi connectivity index (χ3n) is 5.16. The molecule has 2 aliphatic rings. The van der Waals surface area contributed by atoms with E-state index in [-0.39, 0.29) is 0 Å². The van der Waals surface area contributed by atoms with Crippen LogP contribution < -0.4 is 25.4 Å². The highest BCUT2D eigenvalue weighted by Gasteiger charge is 2.42. The number of rotatable bonds is 1. The normalized spacial score (nSPS) is 14.7. The van der Waals surface area contributed by atoms with E-state index < -0.39 is 6.04 Å². The summed E-state index contributed by atoms with van der Waals surface area (Å²) in [6.07, 6.45) is 1.79. The van der Waals surface area contributed by atoms with E-state index in [1.54, 1.807) is 6.20 Å². The molecule has 4 aromatic rings. The van der Waals surface area contributed by atoms with Crippen molar-refractivity contribution in [2.75, 3.05) is 0 Å². The van der Waals surface area contributed by atoms with Crippen molar-refractivity contribution in [3.63, 3.8) is 0 Å². The van der Waals surface area contributed by atoms with Crippen LogP contribution in [-0.2, 0) is 11.8 Å². The first kappa shape index (κ1) is 16.1. The van der Waals surface area contributed by atoms with Gasteiger partial charge in [-0.1, -0.05) is 42.1 Å². The van der Waals surface area contributed by atoms with Crippen molar-refractivity contribution in [3.05, 3.63) is 85.1 Å². The Hall–Kier alpha value is -2.94. The van der Waals surface area contributed by atoms with Crippen molar-refractivity contribution in [3.8, 4) is 34.3 Å². The van der Waals surface area contributed by atoms with Crippen LogP contribution in [0.2, 0.25) is 0 Å². The van der Waals surface area contributed by atoms with Crippen LogP contribution in [-0.4, -0.2) is 4.98 Å². The molecule has 0 N–H and O–H groups in total. The second kappa shape index (κ2) is 5.78. The second-order valence-electron chi connectivity index (χ2n) is 6.78. The largest absolute Gasteiger partial charge is 0.456 e. The highest BCUT2D eigenvalue weighted by Crippen LogP contribution is 2.58. The molecular formula is C23H14NO2PS. The van der Waals surface area contributed by atoms with Crippen molar-refractivity contribution < 1.29 is 9.47 Å². The maximum atomic E-state index is 6.45. The molecule has 0 aliphatic carbocycles. The zero-order chi connectivity index (χ0) is 18.7. The molecule has 0 saturated heterocycles. The standard InChI is InChI=1S/C23H14NO2PS/c28-27-21-10-3-1-8-17(21)25-19-13-15(16-7-5-6-12-24-16)14-20(23(19)27)26-18-9-2-4-11-22(18)27/h1-14H. The lowest BCUT2D eigenvalue weighted by Crippen LogP contribution is -2.34. The Bertz CT molecular complexity index is 1230.